The predicted molar refractivity (Wildman–Crippen MR) is 155 cm³/mol. The summed E-state index contributed by atoms with van der Waals surface area (Å²) in [6.45, 7) is 2.03. The summed E-state index contributed by atoms with van der Waals surface area (Å²) < 4.78 is 53.1. The number of anilines is 1. The van der Waals surface area contributed by atoms with Crippen LogP contribution < -0.4 is 5.73 Å². The second kappa shape index (κ2) is 10.5. The van der Waals surface area contributed by atoms with Crippen molar-refractivity contribution in [1.29, 1.82) is 0 Å². The van der Waals surface area contributed by atoms with Gasteiger partial charge in [-0.25, -0.2) is 25.8 Å². The van der Waals surface area contributed by atoms with E-state index in [1.165, 1.54) is 24.5 Å². The van der Waals surface area contributed by atoms with Crippen molar-refractivity contribution in [3.63, 3.8) is 0 Å². The zero-order valence-corrected chi connectivity index (χ0v) is 24.3. The molecule has 39 heavy (non-hydrogen) atoms. The standard InChI is InChI=1S/C27H27BrN4O5S2/c1-38(34,35)21-11-13-31(14-12-21)16-18-7-9-19(10-8-18)26-25(28)24-20(17-33)15-23(29)30-27(24)32(26)39(36,37)22-5-3-2-4-6-22/h2-10,15,17,21H,11-14,16H2,1H3,(H2,29,30). The van der Waals surface area contributed by atoms with Crippen molar-refractivity contribution in [2.45, 2.75) is 29.5 Å². The molecular formula is C27H27BrN4O5S2. The maximum atomic E-state index is 13.9. The maximum Gasteiger partial charge on any atom is 0.269 e. The summed E-state index contributed by atoms with van der Waals surface area (Å²) >= 11 is 3.56. The van der Waals surface area contributed by atoms with E-state index in [0.717, 1.165) is 9.54 Å². The Morgan fingerprint density at radius 3 is 2.26 bits per heavy atom. The van der Waals surface area contributed by atoms with Crippen molar-refractivity contribution in [3.8, 4) is 11.3 Å². The minimum atomic E-state index is -4.12. The number of halogens is 1. The molecule has 2 aromatic heterocycles. The average Bonchev–Trinajstić information content (AvgIpc) is 3.21. The Balaban J connectivity index is 1.56. The normalized spacial score (nSPS) is 15.5. The van der Waals surface area contributed by atoms with Crippen LogP contribution in [0.3, 0.4) is 0 Å². The quantitative estimate of drug-likeness (QED) is 0.302. The van der Waals surface area contributed by atoms with Crippen molar-refractivity contribution in [3.05, 3.63) is 76.3 Å². The van der Waals surface area contributed by atoms with Gasteiger partial charge in [-0.2, -0.15) is 0 Å². The Kier molecular flexibility index (Phi) is 7.40. The average molecular weight is 632 g/mol. The van der Waals surface area contributed by atoms with Crippen molar-refractivity contribution in [1.82, 2.24) is 13.9 Å². The molecular weight excluding hydrogens is 604 g/mol. The van der Waals surface area contributed by atoms with Crippen LogP contribution in [0, 0.1) is 0 Å². The summed E-state index contributed by atoms with van der Waals surface area (Å²) in [6.07, 6.45) is 3.14. The zero-order valence-electron chi connectivity index (χ0n) is 21.1. The molecule has 0 saturated carbocycles. The van der Waals surface area contributed by atoms with Crippen molar-refractivity contribution >= 4 is 58.9 Å². The molecule has 9 nitrogen and oxygen atoms in total. The van der Waals surface area contributed by atoms with Crippen LogP contribution in [-0.4, -0.2) is 61.6 Å². The number of nitrogens with two attached hydrogens (primary N) is 1. The SMILES string of the molecule is CS(=O)(=O)C1CCN(Cc2ccc(-c3c(Br)c4c(C=O)cc(N)nc4n3S(=O)(=O)c3ccccc3)cc2)CC1. The van der Waals surface area contributed by atoms with Gasteiger partial charge in [0.1, 0.15) is 15.7 Å². The van der Waals surface area contributed by atoms with Crippen LogP contribution >= 0.6 is 15.9 Å². The molecule has 204 valence electrons. The number of rotatable bonds is 7. The fraction of sp³-hybridized carbons (Fsp3) is 0.259. The van der Waals surface area contributed by atoms with Gasteiger partial charge in [-0.05, 0) is 65.6 Å². The lowest BCUT2D eigenvalue weighted by Crippen LogP contribution is -2.38. The van der Waals surface area contributed by atoms with E-state index in [-0.39, 0.29) is 27.2 Å². The van der Waals surface area contributed by atoms with Gasteiger partial charge < -0.3 is 5.73 Å². The third-order valence-corrected chi connectivity index (χ3v) is 11.2. The molecule has 0 aliphatic carbocycles. The van der Waals surface area contributed by atoms with Gasteiger partial charge in [-0.3, -0.25) is 9.69 Å². The molecule has 3 heterocycles. The molecule has 2 aromatic carbocycles. The molecule has 0 amide bonds. The zero-order chi connectivity index (χ0) is 27.9. The number of benzene rings is 2. The molecule has 0 radical (unpaired) electrons. The fourth-order valence-electron chi connectivity index (χ4n) is 5.05. The molecule has 1 fully saturated rings. The van der Waals surface area contributed by atoms with E-state index in [9.17, 15) is 21.6 Å². The summed E-state index contributed by atoms with van der Waals surface area (Å²) in [5.41, 5.74) is 8.19. The number of carbonyl (C=O) groups is 1. The first kappa shape index (κ1) is 27.5. The molecule has 12 heteroatoms. The second-order valence-corrected chi connectivity index (χ2v) is 14.6. The second-order valence-electron chi connectivity index (χ2n) is 9.70. The highest BCUT2D eigenvalue weighted by Gasteiger charge is 2.30. The van der Waals surface area contributed by atoms with Crippen LogP contribution in [0.4, 0.5) is 5.82 Å². The fourth-order valence-corrected chi connectivity index (χ4v) is 8.55. The van der Waals surface area contributed by atoms with E-state index in [1.807, 2.05) is 24.3 Å². The number of piperidine rings is 1. The summed E-state index contributed by atoms with van der Waals surface area (Å²) in [5, 5.41) is 0.0624. The number of fused-ring (bicyclic) bond motifs is 1. The summed E-state index contributed by atoms with van der Waals surface area (Å²) in [4.78, 5) is 18.5. The molecule has 0 atom stereocenters. The smallest absolute Gasteiger partial charge is 0.269 e. The Hall–Kier alpha value is -3.06. The van der Waals surface area contributed by atoms with Gasteiger partial charge in [0.2, 0.25) is 0 Å². The van der Waals surface area contributed by atoms with Gasteiger partial charge in [0, 0.05) is 29.3 Å². The minimum Gasteiger partial charge on any atom is -0.384 e. The molecule has 4 aromatic rings. The lowest BCUT2D eigenvalue weighted by Gasteiger charge is -2.31. The molecule has 0 spiro atoms. The number of aldehydes is 1. The molecule has 1 saturated heterocycles. The Morgan fingerprint density at radius 1 is 1.03 bits per heavy atom. The Bertz CT molecular complexity index is 1760. The van der Waals surface area contributed by atoms with E-state index >= 15 is 0 Å². The first-order valence-corrected chi connectivity index (χ1v) is 16.5. The third-order valence-electron chi connectivity index (χ3n) is 7.06. The van der Waals surface area contributed by atoms with Crippen LogP contribution in [0.2, 0.25) is 0 Å². The summed E-state index contributed by atoms with van der Waals surface area (Å²) in [7, 11) is -7.16. The highest BCUT2D eigenvalue weighted by molar-refractivity contribution is 9.10. The summed E-state index contributed by atoms with van der Waals surface area (Å²) in [5.74, 6) is 0.0284. The van der Waals surface area contributed by atoms with Crippen LogP contribution in [-0.2, 0) is 26.4 Å². The molecule has 1 aliphatic rings. The number of aromatic nitrogens is 2. The predicted octanol–water partition coefficient (Wildman–Crippen LogP) is 4.11. The van der Waals surface area contributed by atoms with Crippen molar-refractivity contribution in [2.75, 3.05) is 25.1 Å². The highest BCUT2D eigenvalue weighted by atomic mass is 79.9. The van der Waals surface area contributed by atoms with Crippen molar-refractivity contribution in [2.24, 2.45) is 0 Å². The number of nitrogen functional groups attached to an aromatic ring is 1. The minimum absolute atomic E-state index is 0.0284. The third kappa shape index (κ3) is 5.25. The van der Waals surface area contributed by atoms with E-state index in [0.29, 0.717) is 59.9 Å². The van der Waals surface area contributed by atoms with E-state index < -0.39 is 19.9 Å². The van der Waals surface area contributed by atoms with Crippen LogP contribution in [0.5, 0.6) is 0 Å². The first-order chi connectivity index (χ1) is 18.5. The van der Waals surface area contributed by atoms with Crippen LogP contribution in [0.25, 0.3) is 22.3 Å². The summed E-state index contributed by atoms with van der Waals surface area (Å²) in [6, 6.07) is 16.9. The topological polar surface area (TPSA) is 132 Å². The molecule has 0 unspecified atom stereocenters. The number of hydrogen-bond donors (Lipinski definition) is 1. The number of carbonyl (C=O) groups excluding carboxylic acids is 1. The van der Waals surface area contributed by atoms with Gasteiger partial charge >= 0.3 is 0 Å². The monoisotopic (exact) mass is 630 g/mol. The number of hydrogen-bond acceptors (Lipinski definition) is 8. The molecule has 0 bridgehead atoms. The lowest BCUT2D eigenvalue weighted by molar-refractivity contribution is 0.112. The van der Waals surface area contributed by atoms with E-state index in [1.54, 1.807) is 18.2 Å². The number of nitrogens with zero attached hydrogens (tertiary/aromatic N) is 3. The van der Waals surface area contributed by atoms with E-state index in [4.69, 9.17) is 5.73 Å². The maximum absolute atomic E-state index is 13.9. The molecule has 2 N–H and O–H groups in total. The Morgan fingerprint density at radius 2 is 1.67 bits per heavy atom. The lowest BCUT2D eigenvalue weighted by atomic mass is 10.1. The number of pyridine rings is 1. The van der Waals surface area contributed by atoms with E-state index in [2.05, 4.69) is 25.8 Å². The van der Waals surface area contributed by atoms with Crippen LogP contribution in [0.15, 0.2) is 70.0 Å². The van der Waals surface area contributed by atoms with Crippen molar-refractivity contribution < 1.29 is 21.6 Å². The van der Waals surface area contributed by atoms with Gasteiger partial charge in [-0.1, -0.05) is 42.5 Å². The Labute approximate surface area is 235 Å². The number of likely N-dealkylation sites (tertiary alicyclic amines) is 1. The largest absolute Gasteiger partial charge is 0.384 e. The first-order valence-electron chi connectivity index (χ1n) is 12.3. The van der Waals surface area contributed by atoms with Gasteiger partial charge in [-0.15, -0.1) is 0 Å². The van der Waals surface area contributed by atoms with Gasteiger partial charge in [0.25, 0.3) is 10.0 Å². The molecule has 1 aliphatic heterocycles. The van der Waals surface area contributed by atoms with Gasteiger partial charge in [0.05, 0.1) is 20.3 Å². The van der Waals surface area contributed by atoms with Gasteiger partial charge in [0.15, 0.2) is 11.9 Å². The highest BCUT2D eigenvalue weighted by Crippen LogP contribution is 2.41. The number of sulfone groups is 1. The molecule has 5 rings (SSSR count). The van der Waals surface area contributed by atoms with Crippen LogP contribution in [0.1, 0.15) is 28.8 Å².